The van der Waals surface area contributed by atoms with Gasteiger partial charge >= 0.3 is 6.16 Å². The smallest absolute Gasteiger partial charge is 0.393 e. The Morgan fingerprint density at radius 1 is 1.16 bits per heavy atom. The van der Waals surface area contributed by atoms with Crippen molar-refractivity contribution in [2.75, 3.05) is 0 Å². The van der Waals surface area contributed by atoms with Gasteiger partial charge in [-0.1, -0.05) is 32.0 Å². The standard InChI is InChI=1S/C14H20O5/c1-10(2)11-8-6-7-9-12(11)16-13(15)17-19-18-14(3,4)5/h6-10H,1-5H3. The summed E-state index contributed by atoms with van der Waals surface area (Å²) in [6, 6.07) is 7.24. The Labute approximate surface area is 113 Å². The van der Waals surface area contributed by atoms with Crippen LogP contribution in [0.3, 0.4) is 0 Å². The molecule has 0 aliphatic rings. The fourth-order valence-corrected chi connectivity index (χ4v) is 1.30. The van der Waals surface area contributed by atoms with Gasteiger partial charge in [0.1, 0.15) is 5.75 Å². The van der Waals surface area contributed by atoms with E-state index in [2.05, 4.69) is 9.93 Å². The molecule has 0 unspecified atom stereocenters. The molecule has 5 heteroatoms. The normalized spacial score (nSPS) is 11.5. The zero-order valence-electron chi connectivity index (χ0n) is 11.9. The topological polar surface area (TPSA) is 54.0 Å². The van der Waals surface area contributed by atoms with E-state index in [-0.39, 0.29) is 5.92 Å². The van der Waals surface area contributed by atoms with Gasteiger partial charge in [0.15, 0.2) is 0 Å². The van der Waals surface area contributed by atoms with E-state index in [9.17, 15) is 4.79 Å². The fourth-order valence-electron chi connectivity index (χ4n) is 1.30. The monoisotopic (exact) mass is 268 g/mol. The maximum atomic E-state index is 11.4. The number of rotatable bonds is 4. The Morgan fingerprint density at radius 3 is 2.37 bits per heavy atom. The van der Waals surface area contributed by atoms with Crippen LogP contribution in [0.4, 0.5) is 4.79 Å². The summed E-state index contributed by atoms with van der Waals surface area (Å²) in [5.74, 6) is 0.678. The molecule has 0 N–H and O–H groups in total. The summed E-state index contributed by atoms with van der Waals surface area (Å²) < 4.78 is 5.06. The Balaban J connectivity index is 2.53. The van der Waals surface area contributed by atoms with E-state index in [0.29, 0.717) is 5.75 Å². The molecule has 0 aliphatic heterocycles. The van der Waals surface area contributed by atoms with Crippen LogP contribution < -0.4 is 4.74 Å². The van der Waals surface area contributed by atoms with Crippen LogP contribution in [0.15, 0.2) is 24.3 Å². The number of para-hydroxylation sites is 1. The van der Waals surface area contributed by atoms with Crippen LogP contribution in [-0.2, 0) is 14.8 Å². The minimum absolute atomic E-state index is 0.232. The third kappa shape index (κ3) is 5.72. The average molecular weight is 268 g/mol. The first-order valence-electron chi connectivity index (χ1n) is 6.12. The van der Waals surface area contributed by atoms with Crippen molar-refractivity contribution in [2.24, 2.45) is 0 Å². The largest absolute Gasteiger partial charge is 0.548 e. The molecule has 1 aromatic rings. The lowest BCUT2D eigenvalue weighted by atomic mass is 10.0. The highest BCUT2D eigenvalue weighted by atomic mass is 17.5. The molecule has 0 heterocycles. The van der Waals surface area contributed by atoms with Crippen molar-refractivity contribution >= 4 is 6.16 Å². The van der Waals surface area contributed by atoms with Gasteiger partial charge in [0.25, 0.3) is 0 Å². The second-order valence-electron chi connectivity index (χ2n) is 5.39. The van der Waals surface area contributed by atoms with E-state index in [0.717, 1.165) is 5.56 Å². The molecule has 5 nitrogen and oxygen atoms in total. The molecule has 1 aromatic carbocycles. The van der Waals surface area contributed by atoms with Crippen molar-refractivity contribution in [3.05, 3.63) is 29.8 Å². The summed E-state index contributed by atoms with van der Waals surface area (Å²) in [7, 11) is 0. The zero-order valence-corrected chi connectivity index (χ0v) is 11.9. The van der Waals surface area contributed by atoms with Gasteiger partial charge in [-0.05, 0) is 43.4 Å². The number of benzene rings is 1. The summed E-state index contributed by atoms with van der Waals surface area (Å²) in [6.07, 6.45) is -0.975. The molecule has 0 saturated carbocycles. The van der Waals surface area contributed by atoms with Crippen LogP contribution in [0.2, 0.25) is 0 Å². The third-order valence-electron chi connectivity index (χ3n) is 2.12. The van der Waals surface area contributed by atoms with Gasteiger partial charge in [-0.2, -0.15) is 4.89 Å². The minimum atomic E-state index is -0.975. The molecule has 106 valence electrons. The molecule has 0 radical (unpaired) electrons. The first-order chi connectivity index (χ1) is 8.79. The Kier molecular flexibility index (Phi) is 5.32. The number of carbonyl (C=O) groups excluding carboxylic acids is 1. The molecular formula is C14H20O5. The van der Waals surface area contributed by atoms with E-state index in [1.54, 1.807) is 32.9 Å². The van der Waals surface area contributed by atoms with E-state index in [1.165, 1.54) is 0 Å². The van der Waals surface area contributed by atoms with Gasteiger partial charge in [-0.3, -0.25) is 0 Å². The number of hydrogen-bond donors (Lipinski definition) is 0. The minimum Gasteiger partial charge on any atom is -0.393 e. The maximum absolute atomic E-state index is 11.4. The van der Waals surface area contributed by atoms with Crippen molar-refractivity contribution in [1.82, 2.24) is 0 Å². The Bertz CT molecular complexity index is 420. The fraction of sp³-hybridized carbons (Fsp3) is 0.500. The molecule has 0 spiro atoms. The second kappa shape index (κ2) is 6.54. The molecule has 0 atom stereocenters. The summed E-state index contributed by atoms with van der Waals surface area (Å²) in [6.45, 7) is 9.29. The molecular weight excluding hydrogens is 248 g/mol. The van der Waals surface area contributed by atoms with Crippen LogP contribution in [0.1, 0.15) is 46.1 Å². The lowest BCUT2D eigenvalue weighted by Crippen LogP contribution is -2.22. The SMILES string of the molecule is CC(C)c1ccccc1OC(=O)OOOC(C)(C)C. The first kappa shape index (κ1) is 15.5. The summed E-state index contributed by atoms with van der Waals surface area (Å²) >= 11 is 0. The van der Waals surface area contributed by atoms with Crippen molar-refractivity contribution in [1.29, 1.82) is 0 Å². The van der Waals surface area contributed by atoms with E-state index >= 15 is 0 Å². The summed E-state index contributed by atoms with van der Waals surface area (Å²) in [5, 5.41) is 4.36. The zero-order chi connectivity index (χ0) is 14.5. The van der Waals surface area contributed by atoms with Crippen LogP contribution >= 0.6 is 0 Å². The van der Waals surface area contributed by atoms with E-state index < -0.39 is 11.8 Å². The predicted molar refractivity (Wildman–Crippen MR) is 69.6 cm³/mol. The first-order valence-corrected chi connectivity index (χ1v) is 6.12. The highest BCUT2D eigenvalue weighted by molar-refractivity contribution is 5.63. The molecule has 1 rings (SSSR count). The summed E-state index contributed by atoms with van der Waals surface area (Å²) in [5.41, 5.74) is 0.340. The molecule has 0 aromatic heterocycles. The second-order valence-corrected chi connectivity index (χ2v) is 5.39. The van der Waals surface area contributed by atoms with Gasteiger partial charge in [0.2, 0.25) is 0 Å². The number of carbonyl (C=O) groups is 1. The van der Waals surface area contributed by atoms with Gasteiger partial charge in [-0.15, -0.1) is 0 Å². The Morgan fingerprint density at radius 2 is 1.79 bits per heavy atom. The highest BCUT2D eigenvalue weighted by Crippen LogP contribution is 2.26. The van der Waals surface area contributed by atoms with Crippen molar-refractivity contribution < 1.29 is 24.3 Å². The molecule has 0 fully saturated rings. The van der Waals surface area contributed by atoms with Gasteiger partial charge in [0, 0.05) is 0 Å². The van der Waals surface area contributed by atoms with Gasteiger partial charge < -0.3 is 4.74 Å². The van der Waals surface area contributed by atoms with Crippen molar-refractivity contribution in [3.63, 3.8) is 0 Å². The van der Waals surface area contributed by atoms with Crippen molar-refractivity contribution in [3.8, 4) is 5.75 Å². The van der Waals surface area contributed by atoms with Gasteiger partial charge in [0.05, 0.1) is 5.60 Å². The Hall–Kier alpha value is -1.59. The van der Waals surface area contributed by atoms with Crippen LogP contribution in [0.25, 0.3) is 0 Å². The molecule has 19 heavy (non-hydrogen) atoms. The molecule has 0 saturated heterocycles. The van der Waals surface area contributed by atoms with Crippen LogP contribution in [0.5, 0.6) is 5.75 Å². The van der Waals surface area contributed by atoms with Crippen molar-refractivity contribution in [2.45, 2.75) is 46.1 Å². The van der Waals surface area contributed by atoms with Crippen LogP contribution in [0, 0.1) is 0 Å². The van der Waals surface area contributed by atoms with E-state index in [1.807, 2.05) is 26.0 Å². The highest BCUT2D eigenvalue weighted by Gasteiger charge is 2.16. The predicted octanol–water partition coefficient (Wildman–Crippen LogP) is 3.99. The summed E-state index contributed by atoms with van der Waals surface area (Å²) in [4.78, 5) is 20.6. The lowest BCUT2D eigenvalue weighted by molar-refractivity contribution is -0.513. The number of ether oxygens (including phenoxy) is 1. The van der Waals surface area contributed by atoms with Crippen LogP contribution in [-0.4, -0.2) is 11.8 Å². The quantitative estimate of drug-likeness (QED) is 0.358. The lowest BCUT2D eigenvalue weighted by Gasteiger charge is -2.15. The molecule has 0 bridgehead atoms. The maximum Gasteiger partial charge on any atom is 0.548 e. The average Bonchev–Trinajstić information content (AvgIpc) is 2.27. The third-order valence-corrected chi connectivity index (χ3v) is 2.12. The number of hydrogen-bond acceptors (Lipinski definition) is 5. The van der Waals surface area contributed by atoms with Gasteiger partial charge in [-0.25, -0.2) is 9.68 Å². The van der Waals surface area contributed by atoms with E-state index in [4.69, 9.17) is 9.62 Å². The molecule has 0 aliphatic carbocycles. The molecule has 0 amide bonds.